The highest BCUT2D eigenvalue weighted by Gasteiger charge is 2.20. The van der Waals surface area contributed by atoms with Gasteiger partial charge < -0.3 is 4.74 Å². The Morgan fingerprint density at radius 2 is 1.78 bits per heavy atom. The van der Waals surface area contributed by atoms with Gasteiger partial charge in [-0.05, 0) is 53.9 Å². The van der Waals surface area contributed by atoms with Gasteiger partial charge in [0.05, 0.1) is 23.4 Å². The molecule has 1 amide bonds. The summed E-state index contributed by atoms with van der Waals surface area (Å²) in [4.78, 5) is 28.1. The number of benzene rings is 3. The van der Waals surface area contributed by atoms with Crippen molar-refractivity contribution in [1.82, 2.24) is 15.5 Å². The van der Waals surface area contributed by atoms with Crippen LogP contribution in [0.3, 0.4) is 0 Å². The molecule has 1 aliphatic rings. The van der Waals surface area contributed by atoms with Gasteiger partial charge in [0.15, 0.2) is 0 Å². The molecule has 10 heteroatoms. The standard InChI is InChI=1S/C26H19F3N4O3/c1-2-36-26(35)31-22-12-15-5-4-14(11-20(15)30-22)16-9-13(3-6-17(16)27)10-21-23-18(28)7-8-19(29)24(23)25(34)33-32-21/h3-9,11H,2,10,12H2,1H3,(H,33,34)(H,30,31,35). The maximum absolute atomic E-state index is 14.8. The number of carbonyl (C=O) groups is 1. The van der Waals surface area contributed by atoms with Gasteiger partial charge in [-0.25, -0.2) is 28.1 Å². The minimum absolute atomic E-state index is 0.0254. The normalized spacial score (nSPS) is 12.4. The van der Waals surface area contributed by atoms with Crippen LogP contribution in [0.25, 0.3) is 21.9 Å². The molecule has 0 atom stereocenters. The average molecular weight is 492 g/mol. The van der Waals surface area contributed by atoms with Crippen molar-refractivity contribution in [1.29, 1.82) is 0 Å². The second kappa shape index (κ2) is 9.29. The number of amidine groups is 1. The van der Waals surface area contributed by atoms with Crippen LogP contribution in [-0.2, 0) is 17.6 Å². The molecule has 0 bridgehead atoms. The van der Waals surface area contributed by atoms with Gasteiger partial charge in [0.2, 0.25) is 0 Å². The fraction of sp³-hybridized carbons (Fsp3) is 0.154. The summed E-state index contributed by atoms with van der Waals surface area (Å²) in [6, 6.07) is 11.5. The quantitative estimate of drug-likeness (QED) is 0.422. The van der Waals surface area contributed by atoms with Crippen LogP contribution in [-0.4, -0.2) is 28.7 Å². The maximum atomic E-state index is 14.8. The number of nitrogens with zero attached hydrogens (tertiary/aromatic N) is 2. The number of aromatic amines is 1. The topological polar surface area (TPSA) is 96.4 Å². The van der Waals surface area contributed by atoms with Crippen LogP contribution >= 0.6 is 0 Å². The first-order chi connectivity index (χ1) is 17.3. The van der Waals surface area contributed by atoms with Crippen molar-refractivity contribution >= 4 is 28.4 Å². The lowest BCUT2D eigenvalue weighted by Crippen LogP contribution is -2.30. The number of fused-ring (bicyclic) bond motifs is 2. The van der Waals surface area contributed by atoms with Gasteiger partial charge in [-0.1, -0.05) is 18.2 Å². The number of nitrogens with one attached hydrogen (secondary N) is 2. The monoisotopic (exact) mass is 492 g/mol. The summed E-state index contributed by atoms with van der Waals surface area (Å²) in [7, 11) is 0. The van der Waals surface area contributed by atoms with Crippen LogP contribution in [0, 0.1) is 17.5 Å². The smallest absolute Gasteiger partial charge is 0.412 e. The van der Waals surface area contributed by atoms with E-state index in [1.165, 1.54) is 12.1 Å². The number of hydrogen-bond donors (Lipinski definition) is 2. The van der Waals surface area contributed by atoms with Crippen molar-refractivity contribution in [2.45, 2.75) is 19.8 Å². The van der Waals surface area contributed by atoms with Crippen molar-refractivity contribution in [3.63, 3.8) is 0 Å². The van der Waals surface area contributed by atoms with E-state index in [0.29, 0.717) is 29.1 Å². The lowest BCUT2D eigenvalue weighted by molar-refractivity contribution is 0.157. The number of aromatic nitrogens is 2. The van der Waals surface area contributed by atoms with E-state index in [0.717, 1.165) is 17.7 Å². The molecule has 1 aromatic heterocycles. The van der Waals surface area contributed by atoms with E-state index in [2.05, 4.69) is 20.5 Å². The summed E-state index contributed by atoms with van der Waals surface area (Å²) < 4.78 is 48.4. The number of aliphatic imine (C=N–C) groups is 1. The maximum Gasteiger partial charge on any atom is 0.412 e. The van der Waals surface area contributed by atoms with E-state index in [1.807, 2.05) is 0 Å². The first-order valence-electron chi connectivity index (χ1n) is 11.1. The molecule has 1 aliphatic heterocycles. The number of hydrogen-bond acceptors (Lipinski definition) is 5. The second-order valence-corrected chi connectivity index (χ2v) is 8.19. The molecule has 7 nitrogen and oxygen atoms in total. The molecule has 0 unspecified atom stereocenters. The van der Waals surface area contributed by atoms with Crippen LogP contribution in [0.2, 0.25) is 0 Å². The SMILES string of the molecule is CCOC(=O)NC1=Nc2cc(-c3cc(Cc4n[nH]c(=O)c5c(F)ccc(F)c45)ccc3F)ccc2C1. The lowest BCUT2D eigenvalue weighted by atomic mass is 9.97. The molecule has 2 N–H and O–H groups in total. The number of ether oxygens (including phenoxy) is 1. The van der Waals surface area contributed by atoms with Gasteiger partial charge in [0.25, 0.3) is 5.56 Å². The third-order valence-corrected chi connectivity index (χ3v) is 5.85. The zero-order chi connectivity index (χ0) is 25.4. The van der Waals surface area contributed by atoms with Gasteiger partial charge in [0, 0.05) is 23.8 Å². The molecule has 182 valence electrons. The van der Waals surface area contributed by atoms with Crippen LogP contribution < -0.4 is 10.9 Å². The van der Waals surface area contributed by atoms with Crippen LogP contribution in [0.15, 0.2) is 58.3 Å². The van der Waals surface area contributed by atoms with Crippen molar-refractivity contribution in [2.24, 2.45) is 4.99 Å². The van der Waals surface area contributed by atoms with E-state index < -0.39 is 34.5 Å². The van der Waals surface area contributed by atoms with Crippen LogP contribution in [0.1, 0.15) is 23.7 Å². The molecule has 0 saturated heterocycles. The molecule has 4 aromatic rings. The van der Waals surface area contributed by atoms with Gasteiger partial charge >= 0.3 is 6.09 Å². The van der Waals surface area contributed by atoms with E-state index >= 15 is 0 Å². The first kappa shape index (κ1) is 23.3. The number of carbonyl (C=O) groups excluding carboxylic acids is 1. The number of halogens is 3. The molecule has 0 saturated carbocycles. The fourth-order valence-corrected chi connectivity index (χ4v) is 4.22. The van der Waals surface area contributed by atoms with Gasteiger partial charge in [-0.3, -0.25) is 10.1 Å². The molecular formula is C26H19F3N4O3. The first-order valence-corrected chi connectivity index (χ1v) is 11.1. The minimum atomic E-state index is -0.855. The highest BCUT2D eigenvalue weighted by molar-refractivity contribution is 6.01. The summed E-state index contributed by atoms with van der Waals surface area (Å²) in [6.45, 7) is 1.93. The molecule has 0 fully saturated rings. The Bertz CT molecular complexity index is 1610. The third kappa shape index (κ3) is 4.33. The zero-order valence-electron chi connectivity index (χ0n) is 19.0. The summed E-state index contributed by atoms with van der Waals surface area (Å²) in [5, 5.41) is 8.09. The summed E-state index contributed by atoms with van der Waals surface area (Å²) in [5.74, 6) is -1.68. The highest BCUT2D eigenvalue weighted by Crippen LogP contribution is 2.33. The minimum Gasteiger partial charge on any atom is -0.450 e. The highest BCUT2D eigenvalue weighted by atomic mass is 19.1. The van der Waals surface area contributed by atoms with Crippen LogP contribution in [0.4, 0.5) is 23.7 Å². The number of H-pyrrole nitrogens is 1. The van der Waals surface area contributed by atoms with Gasteiger partial charge in [-0.15, -0.1) is 0 Å². The predicted octanol–water partition coefficient (Wildman–Crippen LogP) is 4.93. The van der Waals surface area contributed by atoms with Gasteiger partial charge in [-0.2, -0.15) is 5.10 Å². The molecule has 36 heavy (non-hydrogen) atoms. The molecule has 0 radical (unpaired) electrons. The average Bonchev–Trinajstić information content (AvgIpc) is 3.25. The predicted molar refractivity (Wildman–Crippen MR) is 128 cm³/mol. The van der Waals surface area contributed by atoms with Crippen LogP contribution in [0.5, 0.6) is 0 Å². The third-order valence-electron chi connectivity index (χ3n) is 5.85. The number of amides is 1. The van der Waals surface area contributed by atoms with Crippen molar-refractivity contribution in [3.05, 3.63) is 93.2 Å². The molecule has 0 aliphatic carbocycles. The molecule has 0 spiro atoms. The summed E-state index contributed by atoms with van der Waals surface area (Å²) >= 11 is 0. The molecule has 3 aromatic carbocycles. The Hall–Kier alpha value is -4.47. The largest absolute Gasteiger partial charge is 0.450 e. The lowest BCUT2D eigenvalue weighted by Gasteiger charge is -2.10. The van der Waals surface area contributed by atoms with E-state index in [4.69, 9.17) is 4.74 Å². The Morgan fingerprint density at radius 1 is 1.03 bits per heavy atom. The molecular weight excluding hydrogens is 473 g/mol. The number of alkyl carbamates (subject to hydrolysis) is 1. The van der Waals surface area contributed by atoms with E-state index in [1.54, 1.807) is 31.2 Å². The Balaban J connectivity index is 1.48. The summed E-state index contributed by atoms with van der Waals surface area (Å²) in [5.41, 5.74) is 2.14. The van der Waals surface area contributed by atoms with Crippen molar-refractivity contribution in [2.75, 3.05) is 6.61 Å². The van der Waals surface area contributed by atoms with Crippen molar-refractivity contribution < 1.29 is 22.7 Å². The van der Waals surface area contributed by atoms with E-state index in [-0.39, 0.29) is 29.7 Å². The zero-order valence-corrected chi connectivity index (χ0v) is 19.0. The molecule has 2 heterocycles. The Kier molecular flexibility index (Phi) is 6.01. The Morgan fingerprint density at radius 3 is 2.56 bits per heavy atom. The van der Waals surface area contributed by atoms with Crippen molar-refractivity contribution in [3.8, 4) is 11.1 Å². The second-order valence-electron chi connectivity index (χ2n) is 8.19. The Labute approximate surface area is 202 Å². The number of rotatable bonds is 4. The fourth-order valence-electron chi connectivity index (χ4n) is 4.22. The van der Waals surface area contributed by atoms with E-state index in [9.17, 15) is 22.8 Å². The van der Waals surface area contributed by atoms with Gasteiger partial charge in [0.1, 0.15) is 23.3 Å². The summed E-state index contributed by atoms with van der Waals surface area (Å²) in [6.07, 6.45) is -0.162. The molecule has 5 rings (SSSR count).